The maximum absolute atomic E-state index is 8.90. The molecule has 1 rings (SSSR count). The van der Waals surface area contributed by atoms with Gasteiger partial charge in [0.15, 0.2) is 0 Å². The minimum atomic E-state index is -0.237. The highest BCUT2D eigenvalue weighted by Crippen LogP contribution is 2.08. The quantitative estimate of drug-likeness (QED) is 0.497. The summed E-state index contributed by atoms with van der Waals surface area (Å²) in [5, 5.41) is 8.90. The number of aliphatic hydroxyl groups excluding tert-OH is 1. The molecule has 0 aromatic heterocycles. The van der Waals surface area contributed by atoms with E-state index in [-0.39, 0.29) is 6.10 Å². The number of rotatable bonds is 0. The average molecular weight is 110 g/mol. The molecule has 0 unspecified atom stereocenters. The topological polar surface area (TPSA) is 20.2 Å². The van der Waals surface area contributed by atoms with Crippen molar-refractivity contribution in [2.45, 2.75) is 19.4 Å². The van der Waals surface area contributed by atoms with Gasteiger partial charge in [0.2, 0.25) is 0 Å². The summed E-state index contributed by atoms with van der Waals surface area (Å²) in [7, 11) is 0. The first-order chi connectivity index (χ1) is 3.79. The molecule has 0 aromatic rings. The number of hydrogen-bond acceptors (Lipinski definition) is 1. The van der Waals surface area contributed by atoms with Crippen LogP contribution in [0.25, 0.3) is 0 Å². The summed E-state index contributed by atoms with van der Waals surface area (Å²) in [6.07, 6.45) is 6.33. The van der Waals surface area contributed by atoms with Gasteiger partial charge in [0.1, 0.15) is 0 Å². The van der Waals surface area contributed by atoms with E-state index in [2.05, 4.69) is 0 Å². The minimum absolute atomic E-state index is 0.237. The Morgan fingerprint density at radius 1 is 1.75 bits per heavy atom. The van der Waals surface area contributed by atoms with Crippen molar-refractivity contribution in [3.63, 3.8) is 0 Å². The molecule has 0 radical (unpaired) electrons. The van der Waals surface area contributed by atoms with E-state index in [1.807, 2.05) is 25.2 Å². The molecule has 0 saturated carbocycles. The van der Waals surface area contributed by atoms with Gasteiger partial charge in [-0.3, -0.25) is 0 Å². The van der Waals surface area contributed by atoms with Gasteiger partial charge in [0.05, 0.1) is 6.10 Å². The maximum atomic E-state index is 8.90. The molecule has 44 valence electrons. The highest BCUT2D eigenvalue weighted by molar-refractivity contribution is 5.21. The van der Waals surface area contributed by atoms with Crippen LogP contribution in [-0.2, 0) is 0 Å². The zero-order chi connectivity index (χ0) is 5.98. The molecule has 0 fully saturated rings. The Morgan fingerprint density at radius 3 is 2.88 bits per heavy atom. The third-order valence-electron chi connectivity index (χ3n) is 1.26. The maximum Gasteiger partial charge on any atom is 0.0758 e. The molecular formula is C7H10O. The summed E-state index contributed by atoms with van der Waals surface area (Å²) in [5.41, 5.74) is 1.25. The van der Waals surface area contributed by atoms with E-state index in [9.17, 15) is 0 Å². The normalized spacial score (nSPS) is 27.8. The third-order valence-corrected chi connectivity index (χ3v) is 1.26. The van der Waals surface area contributed by atoms with Gasteiger partial charge in [0, 0.05) is 0 Å². The highest BCUT2D eigenvalue weighted by Gasteiger charge is 1.99. The van der Waals surface area contributed by atoms with Gasteiger partial charge in [-0.2, -0.15) is 0 Å². The molecular weight excluding hydrogens is 100 g/mol. The van der Waals surface area contributed by atoms with Crippen LogP contribution in [0.1, 0.15) is 13.3 Å². The van der Waals surface area contributed by atoms with Crippen LogP contribution in [0.2, 0.25) is 0 Å². The van der Waals surface area contributed by atoms with Crippen LogP contribution in [0, 0.1) is 0 Å². The Balaban J connectivity index is 2.58. The van der Waals surface area contributed by atoms with Gasteiger partial charge in [-0.05, 0) is 13.3 Å². The van der Waals surface area contributed by atoms with Crippen molar-refractivity contribution in [2.24, 2.45) is 0 Å². The number of aliphatic hydroxyl groups is 1. The van der Waals surface area contributed by atoms with Gasteiger partial charge in [-0.15, -0.1) is 0 Å². The fourth-order valence-electron chi connectivity index (χ4n) is 0.716. The lowest BCUT2D eigenvalue weighted by Crippen LogP contribution is -2.02. The third kappa shape index (κ3) is 1.20. The van der Waals surface area contributed by atoms with E-state index < -0.39 is 0 Å². The summed E-state index contributed by atoms with van der Waals surface area (Å²) in [5.74, 6) is 0. The Bertz CT molecular complexity index is 133. The van der Waals surface area contributed by atoms with E-state index in [1.165, 1.54) is 5.57 Å². The first-order valence-corrected chi connectivity index (χ1v) is 2.82. The molecule has 1 atom stereocenters. The van der Waals surface area contributed by atoms with Crippen molar-refractivity contribution in [2.75, 3.05) is 0 Å². The predicted molar refractivity (Wildman–Crippen MR) is 33.5 cm³/mol. The van der Waals surface area contributed by atoms with Crippen LogP contribution in [0.4, 0.5) is 0 Å². The zero-order valence-corrected chi connectivity index (χ0v) is 4.96. The second-order valence-corrected chi connectivity index (χ2v) is 2.11. The molecule has 0 aromatic carbocycles. The lowest BCUT2D eigenvalue weighted by atomic mass is 10.1. The first kappa shape index (κ1) is 5.57. The van der Waals surface area contributed by atoms with Crippen molar-refractivity contribution in [1.82, 2.24) is 0 Å². The van der Waals surface area contributed by atoms with Crippen molar-refractivity contribution < 1.29 is 5.11 Å². The average Bonchev–Trinajstić information content (AvgIpc) is 1.77. The van der Waals surface area contributed by atoms with Gasteiger partial charge >= 0.3 is 0 Å². The van der Waals surface area contributed by atoms with E-state index >= 15 is 0 Å². The molecule has 1 heteroatoms. The Labute approximate surface area is 49.3 Å². The molecule has 1 N–H and O–H groups in total. The molecule has 1 aliphatic carbocycles. The van der Waals surface area contributed by atoms with E-state index in [0.29, 0.717) is 0 Å². The second-order valence-electron chi connectivity index (χ2n) is 2.11. The fourth-order valence-corrected chi connectivity index (χ4v) is 0.716. The predicted octanol–water partition coefficient (Wildman–Crippen LogP) is 1.25. The van der Waals surface area contributed by atoms with Crippen molar-refractivity contribution in [3.8, 4) is 0 Å². The molecule has 0 spiro atoms. The van der Waals surface area contributed by atoms with Crippen LogP contribution < -0.4 is 0 Å². The molecule has 1 nitrogen and oxygen atoms in total. The van der Waals surface area contributed by atoms with Gasteiger partial charge < -0.3 is 5.11 Å². The van der Waals surface area contributed by atoms with Crippen molar-refractivity contribution in [3.05, 3.63) is 23.8 Å². The molecule has 0 amide bonds. The minimum Gasteiger partial charge on any atom is -0.389 e. The Morgan fingerprint density at radius 2 is 2.50 bits per heavy atom. The summed E-state index contributed by atoms with van der Waals surface area (Å²) in [4.78, 5) is 0. The largest absolute Gasteiger partial charge is 0.389 e. The van der Waals surface area contributed by atoms with Gasteiger partial charge in [-0.1, -0.05) is 23.8 Å². The van der Waals surface area contributed by atoms with Gasteiger partial charge in [-0.25, -0.2) is 0 Å². The van der Waals surface area contributed by atoms with E-state index in [4.69, 9.17) is 5.11 Å². The Hall–Kier alpha value is -0.560. The van der Waals surface area contributed by atoms with Crippen LogP contribution in [-0.4, -0.2) is 11.2 Å². The smallest absolute Gasteiger partial charge is 0.0758 e. The van der Waals surface area contributed by atoms with Gasteiger partial charge in [0.25, 0.3) is 0 Å². The molecule has 0 heterocycles. The molecule has 0 saturated heterocycles. The number of allylic oxidation sites excluding steroid dienone is 2. The SMILES string of the molecule is CC1=CC[C@@H](O)C=C1. The van der Waals surface area contributed by atoms with E-state index in [1.54, 1.807) is 0 Å². The van der Waals surface area contributed by atoms with Crippen LogP contribution in [0.5, 0.6) is 0 Å². The standard InChI is InChI=1S/C7H10O/c1-6-2-4-7(8)5-3-6/h2-4,7-8H,5H2,1H3/t7-/m0/s1. The van der Waals surface area contributed by atoms with Crippen molar-refractivity contribution in [1.29, 1.82) is 0 Å². The second kappa shape index (κ2) is 2.14. The zero-order valence-electron chi connectivity index (χ0n) is 4.96. The van der Waals surface area contributed by atoms with Crippen LogP contribution >= 0.6 is 0 Å². The van der Waals surface area contributed by atoms with Crippen LogP contribution in [0.15, 0.2) is 23.8 Å². The fraction of sp³-hybridized carbons (Fsp3) is 0.429. The summed E-state index contributed by atoms with van der Waals surface area (Å²) in [6.45, 7) is 2.03. The first-order valence-electron chi connectivity index (χ1n) is 2.82. The molecule has 0 bridgehead atoms. The lowest BCUT2D eigenvalue weighted by Gasteiger charge is -2.06. The summed E-state index contributed by atoms with van der Waals surface area (Å²) in [6, 6.07) is 0. The van der Waals surface area contributed by atoms with E-state index in [0.717, 1.165) is 6.42 Å². The number of hydrogen-bond donors (Lipinski definition) is 1. The molecule has 8 heavy (non-hydrogen) atoms. The van der Waals surface area contributed by atoms with Crippen LogP contribution in [0.3, 0.4) is 0 Å². The summed E-state index contributed by atoms with van der Waals surface area (Å²) < 4.78 is 0. The monoisotopic (exact) mass is 110 g/mol. The lowest BCUT2D eigenvalue weighted by molar-refractivity contribution is 0.225. The van der Waals surface area contributed by atoms with Crippen molar-refractivity contribution >= 4 is 0 Å². The molecule has 0 aliphatic heterocycles. The highest BCUT2D eigenvalue weighted by atomic mass is 16.3. The molecule has 1 aliphatic rings. The summed E-state index contributed by atoms with van der Waals surface area (Å²) >= 11 is 0. The Kier molecular flexibility index (Phi) is 1.49.